The second-order valence-corrected chi connectivity index (χ2v) is 10.2. The molecule has 0 radical (unpaired) electrons. The minimum absolute atomic E-state index is 0.0276. The highest BCUT2D eigenvalue weighted by molar-refractivity contribution is 5.82. The van der Waals surface area contributed by atoms with E-state index in [4.69, 9.17) is 9.47 Å². The van der Waals surface area contributed by atoms with Gasteiger partial charge in [-0.1, -0.05) is 18.2 Å². The number of amides is 1. The van der Waals surface area contributed by atoms with Crippen LogP contribution in [0.4, 0.5) is 15.8 Å². The van der Waals surface area contributed by atoms with Gasteiger partial charge in [0.05, 0.1) is 31.1 Å². The Kier molecular flexibility index (Phi) is 8.16. The molecular weight excluding hydrogens is 515 g/mol. The summed E-state index contributed by atoms with van der Waals surface area (Å²) >= 11 is 0. The van der Waals surface area contributed by atoms with Crippen molar-refractivity contribution in [1.29, 1.82) is 0 Å². The van der Waals surface area contributed by atoms with Crippen LogP contribution in [0.15, 0.2) is 60.7 Å². The number of nitro groups is 1. The molecule has 10 heteroatoms. The fourth-order valence-electron chi connectivity index (χ4n) is 5.77. The lowest BCUT2D eigenvalue weighted by molar-refractivity contribution is -0.384. The van der Waals surface area contributed by atoms with E-state index in [1.807, 2.05) is 18.2 Å². The van der Waals surface area contributed by atoms with Crippen LogP contribution in [0.3, 0.4) is 0 Å². The van der Waals surface area contributed by atoms with Gasteiger partial charge < -0.3 is 19.7 Å². The third-order valence-electron chi connectivity index (χ3n) is 7.81. The largest absolute Gasteiger partial charge is 0.493 e. The number of anilines is 1. The van der Waals surface area contributed by atoms with E-state index in [0.717, 1.165) is 28.9 Å². The van der Waals surface area contributed by atoms with Crippen molar-refractivity contribution in [2.75, 3.05) is 45.3 Å². The molecule has 0 saturated carbocycles. The second kappa shape index (κ2) is 11.9. The number of carbonyl (C=O) groups is 1. The lowest BCUT2D eigenvalue weighted by atomic mass is 9.83. The van der Waals surface area contributed by atoms with Crippen molar-refractivity contribution in [3.63, 3.8) is 0 Å². The van der Waals surface area contributed by atoms with Crippen molar-refractivity contribution in [1.82, 2.24) is 10.2 Å². The van der Waals surface area contributed by atoms with E-state index in [9.17, 15) is 19.3 Å². The molecule has 3 aromatic rings. The summed E-state index contributed by atoms with van der Waals surface area (Å²) in [7, 11) is 3.17. The molecule has 1 amide bonds. The molecule has 2 atom stereocenters. The Morgan fingerprint density at radius 3 is 2.50 bits per heavy atom. The Balaban J connectivity index is 1.32. The highest BCUT2D eigenvalue weighted by atomic mass is 19.1. The van der Waals surface area contributed by atoms with Crippen LogP contribution in [0.5, 0.6) is 11.5 Å². The maximum absolute atomic E-state index is 13.6. The summed E-state index contributed by atoms with van der Waals surface area (Å²) in [6.45, 7) is 3.20. The van der Waals surface area contributed by atoms with Gasteiger partial charge in [-0.3, -0.25) is 19.8 Å². The molecule has 0 aromatic heterocycles. The average molecular weight is 549 g/mol. The molecule has 40 heavy (non-hydrogen) atoms. The standard InChI is InChI=1S/C30H33FN4O5/c1-39-28-10-5-20(15-29(28)40-2)11-12-32-30(36)25-17-22-16-24(35(37)38)8-9-26(22)34-14-13-33(19-27(25)34)18-21-3-6-23(31)7-4-21/h3-10,15-16,25,27H,11-14,17-19H2,1-2H3,(H,32,36)/t25-,27+/m1/s1. The average Bonchev–Trinajstić information content (AvgIpc) is 2.97. The van der Waals surface area contributed by atoms with E-state index in [2.05, 4.69) is 15.1 Å². The molecule has 1 N–H and O–H groups in total. The topological polar surface area (TPSA) is 97.2 Å². The van der Waals surface area contributed by atoms with Crippen LogP contribution < -0.4 is 19.7 Å². The second-order valence-electron chi connectivity index (χ2n) is 10.2. The van der Waals surface area contributed by atoms with Gasteiger partial charge in [0.15, 0.2) is 11.5 Å². The molecule has 3 aromatic carbocycles. The van der Waals surface area contributed by atoms with Crippen molar-refractivity contribution in [2.24, 2.45) is 5.92 Å². The number of nitrogens with one attached hydrogen (secondary N) is 1. The Morgan fingerprint density at radius 1 is 1.02 bits per heavy atom. The SMILES string of the molecule is COc1ccc(CCNC(=O)[C@@H]2Cc3cc([N+](=O)[O-])ccc3N3CCN(Cc4ccc(F)cc4)C[C@@H]23)cc1OC. The summed E-state index contributed by atoms with van der Waals surface area (Å²) in [5, 5.41) is 14.6. The molecule has 210 valence electrons. The van der Waals surface area contributed by atoms with E-state index in [0.29, 0.717) is 50.5 Å². The Labute approximate surface area is 232 Å². The van der Waals surface area contributed by atoms with Crippen molar-refractivity contribution >= 4 is 17.3 Å². The van der Waals surface area contributed by atoms with Gasteiger partial charge in [-0.25, -0.2) is 4.39 Å². The molecule has 9 nitrogen and oxygen atoms in total. The number of methoxy groups -OCH3 is 2. The first-order valence-corrected chi connectivity index (χ1v) is 13.4. The number of piperazine rings is 1. The molecule has 5 rings (SSSR count). The van der Waals surface area contributed by atoms with Crippen LogP contribution in [0, 0.1) is 21.8 Å². The summed E-state index contributed by atoms with van der Waals surface area (Å²) in [5.41, 5.74) is 3.81. The molecule has 0 unspecified atom stereocenters. The third-order valence-corrected chi connectivity index (χ3v) is 7.81. The van der Waals surface area contributed by atoms with E-state index in [1.165, 1.54) is 18.2 Å². The smallest absolute Gasteiger partial charge is 0.269 e. The summed E-state index contributed by atoms with van der Waals surface area (Å²) in [6.07, 6.45) is 1.04. The first-order chi connectivity index (χ1) is 19.4. The van der Waals surface area contributed by atoms with Crippen LogP contribution in [0.2, 0.25) is 0 Å². The zero-order valence-electron chi connectivity index (χ0n) is 22.6. The van der Waals surface area contributed by atoms with Gasteiger partial charge in [-0.05, 0) is 59.9 Å². The highest BCUT2D eigenvalue weighted by Crippen LogP contribution is 2.38. The quantitative estimate of drug-likeness (QED) is 0.319. The minimum atomic E-state index is -0.398. The van der Waals surface area contributed by atoms with Crippen LogP contribution in [0.1, 0.15) is 16.7 Å². The summed E-state index contributed by atoms with van der Waals surface area (Å²) in [6, 6.07) is 17.0. The predicted molar refractivity (Wildman–Crippen MR) is 149 cm³/mol. The van der Waals surface area contributed by atoms with Crippen molar-refractivity contribution in [3.8, 4) is 11.5 Å². The molecular formula is C30H33FN4O5. The number of hydrogen-bond donors (Lipinski definition) is 1. The first kappa shape index (κ1) is 27.4. The molecule has 2 aliphatic heterocycles. The van der Waals surface area contributed by atoms with Crippen LogP contribution in [-0.2, 0) is 24.2 Å². The number of nitro benzene ring substituents is 1. The molecule has 2 heterocycles. The molecule has 0 spiro atoms. The number of benzene rings is 3. The van der Waals surface area contributed by atoms with Gasteiger partial charge >= 0.3 is 0 Å². The normalized spacial score (nSPS) is 18.4. The van der Waals surface area contributed by atoms with E-state index >= 15 is 0 Å². The Bertz CT molecular complexity index is 1380. The van der Waals surface area contributed by atoms with Gasteiger partial charge in [-0.15, -0.1) is 0 Å². The molecule has 2 aliphatic rings. The number of non-ortho nitro benzene ring substituents is 1. The Hall–Kier alpha value is -4.18. The van der Waals surface area contributed by atoms with Crippen LogP contribution >= 0.6 is 0 Å². The number of hydrogen-bond acceptors (Lipinski definition) is 7. The molecule has 0 bridgehead atoms. The maximum atomic E-state index is 13.6. The summed E-state index contributed by atoms with van der Waals surface area (Å²) in [5.74, 6) is 0.562. The maximum Gasteiger partial charge on any atom is 0.269 e. The fourth-order valence-corrected chi connectivity index (χ4v) is 5.77. The number of halogens is 1. The van der Waals surface area contributed by atoms with E-state index in [1.54, 1.807) is 38.5 Å². The number of rotatable bonds is 9. The molecule has 1 saturated heterocycles. The van der Waals surface area contributed by atoms with Gasteiger partial charge in [0, 0.05) is 50.5 Å². The van der Waals surface area contributed by atoms with Crippen LogP contribution in [-0.4, -0.2) is 62.2 Å². The fraction of sp³-hybridized carbons (Fsp3) is 0.367. The minimum Gasteiger partial charge on any atom is -0.493 e. The van der Waals surface area contributed by atoms with E-state index < -0.39 is 4.92 Å². The van der Waals surface area contributed by atoms with Crippen molar-refractivity contribution in [3.05, 3.63) is 93.3 Å². The molecule has 0 aliphatic carbocycles. The van der Waals surface area contributed by atoms with Crippen molar-refractivity contribution < 1.29 is 23.6 Å². The summed E-state index contributed by atoms with van der Waals surface area (Å²) < 4.78 is 24.1. The van der Waals surface area contributed by atoms with Crippen molar-refractivity contribution in [2.45, 2.75) is 25.4 Å². The van der Waals surface area contributed by atoms with Gasteiger partial charge in [0.1, 0.15) is 5.82 Å². The number of nitrogens with zero attached hydrogens (tertiary/aromatic N) is 3. The zero-order valence-corrected chi connectivity index (χ0v) is 22.6. The third kappa shape index (κ3) is 5.86. The first-order valence-electron chi connectivity index (χ1n) is 13.4. The number of carbonyl (C=O) groups excluding carboxylic acids is 1. The molecule has 1 fully saturated rings. The lowest BCUT2D eigenvalue weighted by Crippen LogP contribution is -2.61. The zero-order chi connectivity index (χ0) is 28.2. The van der Waals surface area contributed by atoms with E-state index in [-0.39, 0.29) is 29.4 Å². The summed E-state index contributed by atoms with van der Waals surface area (Å²) in [4.78, 5) is 29.2. The van der Waals surface area contributed by atoms with Gasteiger partial charge in [-0.2, -0.15) is 0 Å². The lowest BCUT2D eigenvalue weighted by Gasteiger charge is -2.49. The predicted octanol–water partition coefficient (Wildman–Crippen LogP) is 3.97. The highest BCUT2D eigenvalue weighted by Gasteiger charge is 2.41. The van der Waals surface area contributed by atoms with Crippen LogP contribution in [0.25, 0.3) is 0 Å². The Morgan fingerprint density at radius 2 is 1.77 bits per heavy atom. The number of fused-ring (bicyclic) bond motifs is 3. The monoisotopic (exact) mass is 548 g/mol. The number of ether oxygens (including phenoxy) is 2. The van der Waals surface area contributed by atoms with Gasteiger partial charge in [0.25, 0.3) is 5.69 Å². The van der Waals surface area contributed by atoms with Gasteiger partial charge in [0.2, 0.25) is 5.91 Å².